The Labute approximate surface area is 305 Å². The van der Waals surface area contributed by atoms with E-state index >= 15 is 0 Å². The van der Waals surface area contributed by atoms with E-state index in [0.717, 1.165) is 45.5 Å². The van der Waals surface area contributed by atoms with Crippen LogP contribution in [0.3, 0.4) is 0 Å². The molecule has 3 nitrogen and oxygen atoms in total. The van der Waals surface area contributed by atoms with Crippen LogP contribution in [0.15, 0.2) is 146 Å². The Balaban J connectivity index is 1.10. The van der Waals surface area contributed by atoms with Gasteiger partial charge in [-0.05, 0) is 104 Å². The summed E-state index contributed by atoms with van der Waals surface area (Å²) in [7, 11) is 0. The van der Waals surface area contributed by atoms with E-state index in [1.54, 1.807) is 0 Å². The lowest BCUT2D eigenvalue weighted by atomic mass is 9.34. The van der Waals surface area contributed by atoms with E-state index in [1.165, 1.54) is 55.4 Å². The third-order valence-corrected chi connectivity index (χ3v) is 12.2. The zero-order valence-corrected chi connectivity index (χ0v) is 29.7. The number of benzene rings is 7. The molecule has 0 unspecified atom stereocenters. The minimum absolute atomic E-state index is 0.0109. The number of rotatable bonds is 3. The summed E-state index contributed by atoms with van der Waals surface area (Å²) in [4.78, 5) is 2.35. The molecule has 0 atom stereocenters. The van der Waals surface area contributed by atoms with E-state index in [9.17, 15) is 0 Å². The topological polar surface area (TPSA) is 21.7 Å². The maximum atomic E-state index is 6.94. The first-order chi connectivity index (χ1) is 25.3. The highest BCUT2D eigenvalue weighted by atomic mass is 16.5. The molecule has 0 radical (unpaired) electrons. The Morgan fingerprint density at radius 1 is 0.442 bits per heavy atom. The zero-order chi connectivity index (χ0) is 34.9. The van der Waals surface area contributed by atoms with Crippen LogP contribution in [0.25, 0.3) is 22.3 Å². The van der Waals surface area contributed by atoms with Crippen molar-refractivity contribution >= 4 is 40.2 Å². The highest BCUT2D eigenvalue weighted by molar-refractivity contribution is 6.98. The number of hydrogen-bond acceptors (Lipinski definition) is 3. The van der Waals surface area contributed by atoms with Gasteiger partial charge in [-0.15, -0.1) is 0 Å². The van der Waals surface area contributed by atoms with Crippen LogP contribution >= 0.6 is 0 Å². The highest BCUT2D eigenvalue weighted by Crippen LogP contribution is 2.55. The van der Waals surface area contributed by atoms with E-state index in [0.29, 0.717) is 0 Å². The van der Waals surface area contributed by atoms with E-state index in [1.807, 2.05) is 0 Å². The first-order valence-corrected chi connectivity index (χ1v) is 18.3. The molecule has 52 heavy (non-hydrogen) atoms. The molecule has 2 heterocycles. The summed E-state index contributed by atoms with van der Waals surface area (Å²) in [5.74, 6) is 3.66. The summed E-state index contributed by atoms with van der Waals surface area (Å²) in [5, 5.41) is 0. The fraction of sp³-hybridized carbons (Fsp3) is 0.125. The fourth-order valence-corrected chi connectivity index (χ4v) is 9.63. The zero-order valence-electron chi connectivity index (χ0n) is 29.7. The first-order valence-electron chi connectivity index (χ1n) is 18.3. The van der Waals surface area contributed by atoms with Crippen LogP contribution < -0.4 is 30.8 Å². The van der Waals surface area contributed by atoms with Gasteiger partial charge in [0.2, 0.25) is 0 Å². The van der Waals surface area contributed by atoms with Gasteiger partial charge < -0.3 is 14.4 Å². The number of nitrogens with zero attached hydrogens (tertiary/aromatic N) is 1. The molecule has 0 bridgehead atoms. The van der Waals surface area contributed by atoms with Crippen LogP contribution in [0.5, 0.6) is 23.0 Å². The Morgan fingerprint density at radius 2 is 1.10 bits per heavy atom. The SMILES string of the molecule is CC1(C)c2cc(N(c3ccccc3)c3ccccc3)ccc2-c2cc3c(cc21)Oc1cccc2c1B3c1ccc3c(c1O2)-c1ccccc1C3(C)C. The quantitative estimate of drug-likeness (QED) is 0.175. The summed E-state index contributed by atoms with van der Waals surface area (Å²) in [6, 6.07) is 52.8. The van der Waals surface area contributed by atoms with Gasteiger partial charge in [0, 0.05) is 38.9 Å². The van der Waals surface area contributed by atoms with Gasteiger partial charge in [0.25, 0.3) is 6.71 Å². The second-order valence-corrected chi connectivity index (χ2v) is 15.7. The van der Waals surface area contributed by atoms with Crippen molar-refractivity contribution in [2.45, 2.75) is 38.5 Å². The van der Waals surface area contributed by atoms with Gasteiger partial charge in [0.15, 0.2) is 0 Å². The van der Waals surface area contributed by atoms with Crippen LogP contribution in [0.2, 0.25) is 0 Å². The van der Waals surface area contributed by atoms with Crippen molar-refractivity contribution in [2.75, 3.05) is 4.90 Å². The maximum absolute atomic E-state index is 6.94. The molecule has 7 aromatic rings. The molecule has 11 rings (SSSR count). The molecule has 7 aromatic carbocycles. The van der Waals surface area contributed by atoms with Crippen LogP contribution in [0.1, 0.15) is 49.9 Å². The predicted molar refractivity (Wildman–Crippen MR) is 214 cm³/mol. The summed E-state index contributed by atoms with van der Waals surface area (Å²) in [5.41, 5.74) is 16.9. The molecule has 0 spiro atoms. The Morgan fingerprint density at radius 3 is 1.85 bits per heavy atom. The van der Waals surface area contributed by atoms with Crippen LogP contribution in [-0.2, 0) is 10.8 Å². The van der Waals surface area contributed by atoms with Crippen molar-refractivity contribution in [3.8, 4) is 45.3 Å². The molecule has 2 aliphatic heterocycles. The van der Waals surface area contributed by atoms with Crippen molar-refractivity contribution in [2.24, 2.45) is 0 Å². The van der Waals surface area contributed by atoms with Crippen molar-refractivity contribution in [1.82, 2.24) is 0 Å². The van der Waals surface area contributed by atoms with E-state index in [-0.39, 0.29) is 17.5 Å². The van der Waals surface area contributed by atoms with Gasteiger partial charge in [-0.25, -0.2) is 0 Å². The second kappa shape index (κ2) is 10.3. The van der Waals surface area contributed by atoms with Gasteiger partial charge in [0.05, 0.1) is 0 Å². The minimum Gasteiger partial charge on any atom is -0.458 e. The molecule has 248 valence electrons. The molecule has 0 aromatic heterocycles. The summed E-state index contributed by atoms with van der Waals surface area (Å²) in [6.07, 6.45) is 0. The van der Waals surface area contributed by atoms with Gasteiger partial charge in [0.1, 0.15) is 23.0 Å². The molecule has 2 aliphatic carbocycles. The monoisotopic (exact) mass is 669 g/mol. The Hall–Kier alpha value is -6.00. The van der Waals surface area contributed by atoms with Gasteiger partial charge in [-0.1, -0.05) is 119 Å². The second-order valence-electron chi connectivity index (χ2n) is 15.7. The molecule has 0 fully saturated rings. The van der Waals surface area contributed by atoms with E-state index in [2.05, 4.69) is 178 Å². The molecule has 0 saturated heterocycles. The molecule has 0 saturated carbocycles. The number of fused-ring (bicyclic) bond motifs is 11. The number of ether oxygens (including phenoxy) is 2. The molecular formula is C48H36BNO2. The smallest absolute Gasteiger partial charge is 0.260 e. The van der Waals surface area contributed by atoms with E-state index < -0.39 is 0 Å². The predicted octanol–water partition coefficient (Wildman–Crippen LogP) is 10.5. The number of hydrogen-bond donors (Lipinski definition) is 0. The normalized spacial score (nSPS) is 15.5. The van der Waals surface area contributed by atoms with Crippen molar-refractivity contribution in [1.29, 1.82) is 0 Å². The Bertz CT molecular complexity index is 2600. The number of para-hydroxylation sites is 2. The Kier molecular flexibility index (Phi) is 5.88. The number of anilines is 3. The van der Waals surface area contributed by atoms with Gasteiger partial charge in [-0.2, -0.15) is 0 Å². The minimum atomic E-state index is -0.232. The van der Waals surface area contributed by atoms with Crippen LogP contribution in [0, 0.1) is 0 Å². The molecule has 4 heteroatoms. The maximum Gasteiger partial charge on any atom is 0.260 e. The average molecular weight is 670 g/mol. The third-order valence-electron chi connectivity index (χ3n) is 12.2. The van der Waals surface area contributed by atoms with Crippen molar-refractivity contribution in [3.63, 3.8) is 0 Å². The molecule has 0 amide bonds. The van der Waals surface area contributed by atoms with E-state index in [4.69, 9.17) is 9.47 Å². The first kappa shape index (κ1) is 29.7. The average Bonchev–Trinajstić information content (AvgIpc) is 3.54. The summed E-state index contributed by atoms with van der Waals surface area (Å²) in [6.45, 7) is 9.35. The van der Waals surface area contributed by atoms with Crippen LogP contribution in [0.4, 0.5) is 17.1 Å². The lowest BCUT2D eigenvalue weighted by Crippen LogP contribution is -2.57. The van der Waals surface area contributed by atoms with Crippen molar-refractivity contribution < 1.29 is 9.47 Å². The third kappa shape index (κ3) is 3.87. The highest BCUT2D eigenvalue weighted by Gasteiger charge is 2.46. The van der Waals surface area contributed by atoms with Gasteiger partial charge in [-0.3, -0.25) is 0 Å². The van der Waals surface area contributed by atoms with Gasteiger partial charge >= 0.3 is 0 Å². The molecular weight excluding hydrogens is 633 g/mol. The lowest BCUT2D eigenvalue weighted by Gasteiger charge is -2.35. The lowest BCUT2D eigenvalue weighted by molar-refractivity contribution is 0.464. The standard InChI is InChI=1S/C48H36BNO2/c1-47(2)35-19-12-11-18-33(35)44-36(47)24-25-39-46(44)52-42-21-13-20-41-45(42)49(39)40-27-34-32-23-22-31(26-37(32)48(3,4)38(34)28-43(40)51-41)50(29-14-7-5-8-15-29)30-16-9-6-10-17-30/h5-28H,1-4H3. The van der Waals surface area contributed by atoms with Crippen molar-refractivity contribution in [3.05, 3.63) is 168 Å². The van der Waals surface area contributed by atoms with Crippen LogP contribution in [-0.4, -0.2) is 6.71 Å². The largest absolute Gasteiger partial charge is 0.458 e. The molecule has 0 N–H and O–H groups in total. The fourth-order valence-electron chi connectivity index (χ4n) is 9.63. The summed E-state index contributed by atoms with van der Waals surface area (Å²) < 4.78 is 13.8. The molecule has 4 aliphatic rings. The summed E-state index contributed by atoms with van der Waals surface area (Å²) >= 11 is 0.